The predicted octanol–water partition coefficient (Wildman–Crippen LogP) is 2.32. The zero-order valence-corrected chi connectivity index (χ0v) is 11.5. The van der Waals surface area contributed by atoms with E-state index in [4.69, 9.17) is 5.73 Å². The van der Waals surface area contributed by atoms with Crippen molar-refractivity contribution in [3.05, 3.63) is 11.6 Å². The van der Waals surface area contributed by atoms with E-state index in [0.717, 1.165) is 32.4 Å². The summed E-state index contributed by atoms with van der Waals surface area (Å²) >= 11 is 0. The van der Waals surface area contributed by atoms with Crippen LogP contribution >= 0.6 is 0 Å². The summed E-state index contributed by atoms with van der Waals surface area (Å²) in [6.07, 6.45) is 8.84. The van der Waals surface area contributed by atoms with Gasteiger partial charge in [-0.2, -0.15) is 0 Å². The predicted molar refractivity (Wildman–Crippen MR) is 74.1 cm³/mol. The number of hydrogen-bond donors (Lipinski definition) is 1. The van der Waals surface area contributed by atoms with E-state index in [-0.39, 0.29) is 0 Å². The number of likely N-dealkylation sites (tertiary alicyclic amines) is 1. The summed E-state index contributed by atoms with van der Waals surface area (Å²) in [4.78, 5) is 14.3. The Morgan fingerprint density at radius 2 is 2.33 bits per heavy atom. The average Bonchev–Trinajstić information content (AvgIpc) is 2.40. The van der Waals surface area contributed by atoms with Gasteiger partial charge in [-0.1, -0.05) is 18.6 Å². The van der Waals surface area contributed by atoms with Gasteiger partial charge >= 0.3 is 0 Å². The van der Waals surface area contributed by atoms with Crippen molar-refractivity contribution in [3.63, 3.8) is 0 Å². The summed E-state index contributed by atoms with van der Waals surface area (Å²) in [5.74, 6) is 1.46. The molecule has 1 aliphatic carbocycles. The quantitative estimate of drug-likeness (QED) is 0.781. The Bertz CT molecular complexity index is 324. The Morgan fingerprint density at radius 1 is 1.50 bits per heavy atom. The molecule has 2 aliphatic rings. The van der Waals surface area contributed by atoms with Gasteiger partial charge < -0.3 is 10.6 Å². The average molecular weight is 250 g/mol. The second-order valence-corrected chi connectivity index (χ2v) is 5.89. The molecule has 3 nitrogen and oxygen atoms in total. The van der Waals surface area contributed by atoms with Crippen LogP contribution < -0.4 is 5.73 Å². The molecule has 1 aliphatic heterocycles. The molecule has 18 heavy (non-hydrogen) atoms. The highest BCUT2D eigenvalue weighted by molar-refractivity contribution is 5.78. The maximum absolute atomic E-state index is 12.3. The Hall–Kier alpha value is -0.830. The standard InChI is InChI=1S/C15H26N2O/c1-12-7-8-17(11-14(12)10-16)15(18)9-13-5-3-2-4-6-13/h5,12,14H,2-4,6-11,16H2,1H3. The lowest BCUT2D eigenvalue weighted by molar-refractivity contribution is -0.132. The number of nitrogens with two attached hydrogens (primary N) is 1. The van der Waals surface area contributed by atoms with Crippen LogP contribution in [0.4, 0.5) is 0 Å². The van der Waals surface area contributed by atoms with Crippen molar-refractivity contribution in [2.45, 2.75) is 45.4 Å². The molecule has 1 heterocycles. The zero-order valence-electron chi connectivity index (χ0n) is 11.5. The van der Waals surface area contributed by atoms with Gasteiger partial charge in [-0.15, -0.1) is 0 Å². The second kappa shape index (κ2) is 6.37. The first-order valence-electron chi connectivity index (χ1n) is 7.36. The van der Waals surface area contributed by atoms with Crippen molar-refractivity contribution in [2.75, 3.05) is 19.6 Å². The minimum atomic E-state index is 0.313. The summed E-state index contributed by atoms with van der Waals surface area (Å²) in [6.45, 7) is 4.74. The summed E-state index contributed by atoms with van der Waals surface area (Å²) in [5, 5.41) is 0. The minimum absolute atomic E-state index is 0.313. The van der Waals surface area contributed by atoms with E-state index in [9.17, 15) is 4.79 Å². The molecular formula is C15H26N2O. The summed E-state index contributed by atoms with van der Waals surface area (Å²) < 4.78 is 0. The van der Waals surface area contributed by atoms with E-state index >= 15 is 0 Å². The van der Waals surface area contributed by atoms with Crippen LogP contribution in [0.15, 0.2) is 11.6 Å². The van der Waals surface area contributed by atoms with Crippen LogP contribution in [0.25, 0.3) is 0 Å². The molecule has 2 unspecified atom stereocenters. The van der Waals surface area contributed by atoms with Crippen molar-refractivity contribution in [1.29, 1.82) is 0 Å². The number of nitrogens with zero attached hydrogens (tertiary/aromatic N) is 1. The first-order chi connectivity index (χ1) is 8.70. The Kier molecular flexibility index (Phi) is 4.81. The fourth-order valence-corrected chi connectivity index (χ4v) is 3.05. The highest BCUT2D eigenvalue weighted by Crippen LogP contribution is 2.25. The Morgan fingerprint density at radius 3 is 3.00 bits per heavy atom. The smallest absolute Gasteiger partial charge is 0.226 e. The van der Waals surface area contributed by atoms with Gasteiger partial charge in [-0.05, 0) is 50.5 Å². The van der Waals surface area contributed by atoms with Gasteiger partial charge in [0.15, 0.2) is 0 Å². The number of carbonyl (C=O) groups is 1. The number of hydrogen-bond acceptors (Lipinski definition) is 2. The number of carbonyl (C=O) groups excluding carboxylic acids is 1. The molecule has 3 heteroatoms. The molecule has 0 saturated carbocycles. The highest BCUT2D eigenvalue weighted by atomic mass is 16.2. The molecule has 2 atom stereocenters. The largest absolute Gasteiger partial charge is 0.342 e. The molecule has 1 amide bonds. The minimum Gasteiger partial charge on any atom is -0.342 e. The topological polar surface area (TPSA) is 46.3 Å². The molecule has 0 aromatic rings. The molecule has 1 fully saturated rings. The van der Waals surface area contributed by atoms with Crippen molar-refractivity contribution in [3.8, 4) is 0 Å². The lowest BCUT2D eigenvalue weighted by atomic mass is 9.86. The number of amides is 1. The third-order valence-corrected chi connectivity index (χ3v) is 4.53. The lowest BCUT2D eigenvalue weighted by Gasteiger charge is -2.36. The Balaban J connectivity index is 1.87. The van der Waals surface area contributed by atoms with E-state index in [1.165, 1.54) is 18.4 Å². The van der Waals surface area contributed by atoms with Crippen LogP contribution in [-0.2, 0) is 4.79 Å². The number of rotatable bonds is 3. The fourth-order valence-electron chi connectivity index (χ4n) is 3.05. The van der Waals surface area contributed by atoms with Gasteiger partial charge in [0.1, 0.15) is 0 Å². The fraction of sp³-hybridized carbons (Fsp3) is 0.800. The third kappa shape index (κ3) is 3.35. The molecular weight excluding hydrogens is 224 g/mol. The van der Waals surface area contributed by atoms with Gasteiger partial charge in [0.2, 0.25) is 5.91 Å². The van der Waals surface area contributed by atoms with Crippen molar-refractivity contribution < 1.29 is 4.79 Å². The summed E-state index contributed by atoms with van der Waals surface area (Å²) in [5.41, 5.74) is 7.15. The molecule has 1 saturated heterocycles. The number of allylic oxidation sites excluding steroid dienone is 1. The van der Waals surface area contributed by atoms with E-state index in [1.54, 1.807) is 0 Å². The summed E-state index contributed by atoms with van der Waals surface area (Å²) in [7, 11) is 0. The van der Waals surface area contributed by atoms with E-state index < -0.39 is 0 Å². The third-order valence-electron chi connectivity index (χ3n) is 4.53. The molecule has 2 N–H and O–H groups in total. The van der Waals surface area contributed by atoms with Crippen LogP contribution in [0.5, 0.6) is 0 Å². The summed E-state index contributed by atoms with van der Waals surface area (Å²) in [6, 6.07) is 0. The number of piperidine rings is 1. The highest BCUT2D eigenvalue weighted by Gasteiger charge is 2.28. The molecule has 0 aromatic carbocycles. The van der Waals surface area contributed by atoms with Crippen LogP contribution in [-0.4, -0.2) is 30.4 Å². The normalized spacial score (nSPS) is 29.0. The lowest BCUT2D eigenvalue weighted by Crippen LogP contribution is -2.45. The van der Waals surface area contributed by atoms with Gasteiger partial charge in [0, 0.05) is 19.5 Å². The molecule has 0 spiro atoms. The molecule has 2 rings (SSSR count). The van der Waals surface area contributed by atoms with E-state index in [2.05, 4.69) is 13.0 Å². The molecule has 0 bridgehead atoms. The van der Waals surface area contributed by atoms with Gasteiger partial charge in [-0.3, -0.25) is 4.79 Å². The van der Waals surface area contributed by atoms with Crippen molar-refractivity contribution in [1.82, 2.24) is 4.90 Å². The van der Waals surface area contributed by atoms with Crippen LogP contribution in [0, 0.1) is 11.8 Å². The Labute approximate surface area is 110 Å². The van der Waals surface area contributed by atoms with Gasteiger partial charge in [0.05, 0.1) is 0 Å². The van der Waals surface area contributed by atoms with Gasteiger partial charge in [0.25, 0.3) is 0 Å². The zero-order chi connectivity index (χ0) is 13.0. The van der Waals surface area contributed by atoms with Crippen LogP contribution in [0.1, 0.15) is 45.4 Å². The van der Waals surface area contributed by atoms with E-state index in [1.807, 2.05) is 4.90 Å². The van der Waals surface area contributed by atoms with Gasteiger partial charge in [-0.25, -0.2) is 0 Å². The molecule has 0 aromatic heterocycles. The van der Waals surface area contributed by atoms with Crippen LogP contribution in [0.3, 0.4) is 0 Å². The SMILES string of the molecule is CC1CCN(C(=O)CC2=CCCCC2)CC1CN. The first kappa shape index (κ1) is 13.6. The van der Waals surface area contributed by atoms with Crippen molar-refractivity contribution >= 4 is 5.91 Å². The maximum Gasteiger partial charge on any atom is 0.226 e. The first-order valence-corrected chi connectivity index (χ1v) is 7.36. The van der Waals surface area contributed by atoms with Crippen molar-refractivity contribution in [2.24, 2.45) is 17.6 Å². The van der Waals surface area contributed by atoms with E-state index in [0.29, 0.717) is 30.7 Å². The maximum atomic E-state index is 12.3. The van der Waals surface area contributed by atoms with Crippen LogP contribution in [0.2, 0.25) is 0 Å². The molecule has 102 valence electrons. The molecule has 0 radical (unpaired) electrons. The second-order valence-electron chi connectivity index (χ2n) is 5.89. The monoisotopic (exact) mass is 250 g/mol.